The Morgan fingerprint density at radius 1 is 1.27 bits per heavy atom. The van der Waals surface area contributed by atoms with Crippen LogP contribution in [0.25, 0.3) is 10.8 Å². The van der Waals surface area contributed by atoms with Gasteiger partial charge in [0.2, 0.25) is 0 Å². The number of hydrogen-bond donors (Lipinski definition) is 4. The average Bonchev–Trinajstić information content (AvgIpc) is 3.06. The van der Waals surface area contributed by atoms with Crippen LogP contribution in [0.15, 0.2) is 64.3 Å². The first-order valence-corrected chi connectivity index (χ1v) is 12.7. The maximum absolute atomic E-state index is 15.2. The molecule has 2 unspecified atom stereocenters. The Kier molecular flexibility index (Phi) is 7.36. The van der Waals surface area contributed by atoms with Crippen LogP contribution in [0, 0.1) is 0 Å². The first kappa shape index (κ1) is 26.7. The summed E-state index contributed by atoms with van der Waals surface area (Å²) in [6, 6.07) is 11.5. The monoisotopic (exact) mass is 537 g/mol. The molecule has 0 bridgehead atoms. The van der Waals surface area contributed by atoms with Crippen LogP contribution < -0.4 is 20.9 Å². The largest absolute Gasteiger partial charge is 0.480 e. The van der Waals surface area contributed by atoms with E-state index < -0.39 is 61.7 Å². The van der Waals surface area contributed by atoms with Crippen molar-refractivity contribution in [3.63, 3.8) is 0 Å². The van der Waals surface area contributed by atoms with Gasteiger partial charge in [-0.3, -0.25) is 14.1 Å². The lowest BCUT2D eigenvalue weighted by Crippen LogP contribution is -2.48. The molecular formula is C23H25FN3O9P. The second-order valence-electron chi connectivity index (χ2n) is 8.70. The van der Waals surface area contributed by atoms with E-state index in [1.807, 2.05) is 0 Å². The van der Waals surface area contributed by atoms with Gasteiger partial charge in [0, 0.05) is 17.6 Å². The summed E-state index contributed by atoms with van der Waals surface area (Å²) in [6.07, 6.45) is -4.42. The summed E-state index contributed by atoms with van der Waals surface area (Å²) in [7, 11) is -4.48. The molecule has 4 rings (SSSR count). The predicted octanol–water partition coefficient (Wildman–Crippen LogP) is 1.94. The molecule has 1 fully saturated rings. The molecule has 2 heterocycles. The molecule has 1 aliphatic heterocycles. The third-order valence-electron chi connectivity index (χ3n) is 5.91. The van der Waals surface area contributed by atoms with Gasteiger partial charge in [0.1, 0.15) is 23.5 Å². The third-order valence-corrected chi connectivity index (χ3v) is 7.54. The standard InChI is InChI=1S/C23H25FN3O9P/c1-13(20(29)30)26-37(33,36-16-9-5-7-14-6-3-4-8-15(14)16)34-12-17-19(24)23(2,32)21(35-17)27-18(28)10-11-25-22(27)31/h3-11,13,17,19,21,32H,12H2,1-2H3,(H,25,31)(H,26,33)(H,29,30)/t13?,17-,19-,21-,23-,37?/m1/s1. The van der Waals surface area contributed by atoms with Crippen molar-refractivity contribution in [1.29, 1.82) is 0 Å². The smallest absolute Gasteiger partial charge is 0.459 e. The average molecular weight is 537 g/mol. The highest BCUT2D eigenvalue weighted by Gasteiger charge is 2.56. The van der Waals surface area contributed by atoms with Crippen LogP contribution in [0.2, 0.25) is 0 Å². The maximum Gasteiger partial charge on any atom is 0.459 e. The molecule has 0 amide bonds. The van der Waals surface area contributed by atoms with Gasteiger partial charge in [-0.05, 0) is 25.3 Å². The lowest BCUT2D eigenvalue weighted by molar-refractivity contribution is -0.138. The van der Waals surface area contributed by atoms with Crippen LogP contribution in [-0.4, -0.2) is 56.3 Å². The molecule has 4 N–H and O–H groups in total. The Labute approximate surface area is 209 Å². The van der Waals surface area contributed by atoms with E-state index >= 15 is 4.39 Å². The van der Waals surface area contributed by atoms with E-state index in [4.69, 9.17) is 13.8 Å². The molecule has 0 saturated carbocycles. The topological polar surface area (TPSA) is 169 Å². The third kappa shape index (κ3) is 5.36. The minimum atomic E-state index is -4.48. The van der Waals surface area contributed by atoms with Crippen LogP contribution in [0.1, 0.15) is 20.1 Å². The number of halogens is 1. The van der Waals surface area contributed by atoms with Crippen molar-refractivity contribution in [2.75, 3.05) is 6.61 Å². The van der Waals surface area contributed by atoms with Gasteiger partial charge in [-0.25, -0.2) is 18.3 Å². The SMILES string of the molecule is CC(NP(=O)(OC[C@H]1O[C@@H](n2c(=O)cc[nH]c2=O)[C@](C)(O)[C@@H]1F)Oc1cccc2ccccc12)C(=O)O. The Balaban J connectivity index is 1.61. The number of hydrogen-bond acceptors (Lipinski definition) is 8. The molecule has 0 radical (unpaired) electrons. The number of nitrogens with one attached hydrogen (secondary N) is 2. The van der Waals surface area contributed by atoms with Gasteiger partial charge < -0.3 is 24.5 Å². The Morgan fingerprint density at radius 3 is 2.68 bits per heavy atom. The van der Waals surface area contributed by atoms with Crippen molar-refractivity contribution in [2.24, 2.45) is 0 Å². The van der Waals surface area contributed by atoms with E-state index in [2.05, 4.69) is 10.1 Å². The fraction of sp³-hybridized carbons (Fsp3) is 0.348. The quantitative estimate of drug-likeness (QED) is 0.296. The zero-order chi connectivity index (χ0) is 27.0. The molecule has 2 aromatic carbocycles. The number of alkyl halides is 1. The summed E-state index contributed by atoms with van der Waals surface area (Å²) < 4.78 is 45.9. The van der Waals surface area contributed by atoms with E-state index in [1.54, 1.807) is 36.4 Å². The van der Waals surface area contributed by atoms with Crippen LogP contribution in [0.4, 0.5) is 4.39 Å². The fourth-order valence-electron chi connectivity index (χ4n) is 3.95. The molecule has 0 aliphatic carbocycles. The number of nitrogens with zero attached hydrogens (tertiary/aromatic N) is 1. The molecule has 3 aromatic rings. The fourth-order valence-corrected chi connectivity index (χ4v) is 5.47. The number of aromatic amines is 1. The van der Waals surface area contributed by atoms with Gasteiger partial charge in [-0.15, -0.1) is 0 Å². The van der Waals surface area contributed by atoms with Crippen LogP contribution in [0.5, 0.6) is 5.75 Å². The Morgan fingerprint density at radius 2 is 1.97 bits per heavy atom. The lowest BCUT2D eigenvalue weighted by atomic mass is 9.98. The number of aliphatic hydroxyl groups is 1. The summed E-state index contributed by atoms with van der Waals surface area (Å²) in [6.45, 7) is 1.47. The number of carboxylic acids is 1. The van der Waals surface area contributed by atoms with E-state index in [9.17, 15) is 29.2 Å². The Bertz CT molecular complexity index is 1440. The minimum Gasteiger partial charge on any atom is -0.480 e. The summed E-state index contributed by atoms with van der Waals surface area (Å²) in [5.74, 6) is -1.24. The lowest BCUT2D eigenvalue weighted by Gasteiger charge is -2.25. The van der Waals surface area contributed by atoms with E-state index in [0.29, 0.717) is 9.95 Å². The number of ether oxygens (including phenoxy) is 1. The van der Waals surface area contributed by atoms with Gasteiger partial charge in [0.15, 0.2) is 12.4 Å². The number of carboxylic acid groups (broad SMARTS) is 1. The highest BCUT2D eigenvalue weighted by Crippen LogP contribution is 2.48. The van der Waals surface area contributed by atoms with E-state index in [1.165, 1.54) is 13.0 Å². The van der Waals surface area contributed by atoms with Crippen LogP contribution in [0.3, 0.4) is 0 Å². The maximum atomic E-state index is 15.2. The van der Waals surface area contributed by atoms with Gasteiger partial charge >= 0.3 is 19.4 Å². The first-order valence-electron chi connectivity index (χ1n) is 11.2. The highest BCUT2D eigenvalue weighted by molar-refractivity contribution is 7.52. The number of fused-ring (bicyclic) bond motifs is 1. The molecule has 1 aliphatic rings. The van der Waals surface area contributed by atoms with Crippen molar-refractivity contribution in [3.05, 3.63) is 75.6 Å². The molecule has 1 aromatic heterocycles. The number of aliphatic carboxylic acids is 1. The van der Waals surface area contributed by atoms with Crippen molar-refractivity contribution in [2.45, 2.75) is 44.0 Å². The molecule has 37 heavy (non-hydrogen) atoms. The highest BCUT2D eigenvalue weighted by atomic mass is 31.2. The van der Waals surface area contributed by atoms with Gasteiger partial charge in [0.05, 0.1) is 6.61 Å². The number of rotatable bonds is 9. The molecule has 14 heteroatoms. The van der Waals surface area contributed by atoms with E-state index in [0.717, 1.165) is 24.6 Å². The predicted molar refractivity (Wildman–Crippen MR) is 129 cm³/mol. The van der Waals surface area contributed by atoms with E-state index in [-0.39, 0.29) is 5.75 Å². The molecular weight excluding hydrogens is 512 g/mol. The molecule has 6 atom stereocenters. The van der Waals surface area contributed by atoms with Crippen molar-refractivity contribution in [3.8, 4) is 5.75 Å². The Hall–Kier alpha value is -3.35. The van der Waals surface area contributed by atoms with Crippen LogP contribution in [-0.2, 0) is 18.6 Å². The number of aromatic nitrogens is 2. The number of benzene rings is 2. The van der Waals surface area contributed by atoms with Gasteiger partial charge in [0.25, 0.3) is 5.56 Å². The molecule has 12 nitrogen and oxygen atoms in total. The van der Waals surface area contributed by atoms with Crippen LogP contribution >= 0.6 is 7.75 Å². The van der Waals surface area contributed by atoms with Crippen molar-refractivity contribution in [1.82, 2.24) is 14.6 Å². The first-order chi connectivity index (χ1) is 17.4. The minimum absolute atomic E-state index is 0.114. The van der Waals surface area contributed by atoms with Gasteiger partial charge in [-0.2, -0.15) is 5.09 Å². The second kappa shape index (κ2) is 10.2. The molecule has 1 saturated heterocycles. The summed E-state index contributed by atoms with van der Waals surface area (Å²) >= 11 is 0. The summed E-state index contributed by atoms with van der Waals surface area (Å²) in [5.41, 5.74) is -4.12. The van der Waals surface area contributed by atoms with Crippen molar-refractivity contribution >= 4 is 24.5 Å². The number of H-pyrrole nitrogens is 1. The molecule has 198 valence electrons. The summed E-state index contributed by atoms with van der Waals surface area (Å²) in [5, 5.41) is 23.6. The second-order valence-corrected chi connectivity index (χ2v) is 10.4. The zero-order valence-electron chi connectivity index (χ0n) is 19.7. The molecule has 0 spiro atoms. The van der Waals surface area contributed by atoms with Crippen molar-refractivity contribution < 1.29 is 37.7 Å². The zero-order valence-corrected chi connectivity index (χ0v) is 20.6. The summed E-state index contributed by atoms with van der Waals surface area (Å²) in [4.78, 5) is 38.1. The number of carbonyl (C=O) groups is 1. The normalized spacial score (nSPS) is 26.0. The van der Waals surface area contributed by atoms with Gasteiger partial charge in [-0.1, -0.05) is 36.4 Å².